The van der Waals surface area contributed by atoms with Gasteiger partial charge in [0.25, 0.3) is 0 Å². The largest absolute Gasteiger partial charge is 0.444 e. The van der Waals surface area contributed by atoms with Gasteiger partial charge in [-0.2, -0.15) is 0 Å². The summed E-state index contributed by atoms with van der Waals surface area (Å²) in [6.45, 7) is 8.58. The van der Waals surface area contributed by atoms with Gasteiger partial charge in [0, 0.05) is 55.0 Å². The van der Waals surface area contributed by atoms with Gasteiger partial charge in [0.15, 0.2) is 0 Å². The smallest absolute Gasteiger partial charge is 0.410 e. The van der Waals surface area contributed by atoms with Gasteiger partial charge in [0.2, 0.25) is 17.7 Å². The molecule has 0 aliphatic carbocycles. The number of amides is 4. The summed E-state index contributed by atoms with van der Waals surface area (Å²) in [6, 6.07) is 13.6. The molecule has 3 aliphatic heterocycles. The molecule has 2 fully saturated rings. The van der Waals surface area contributed by atoms with Crippen LogP contribution in [0, 0.1) is 0 Å². The van der Waals surface area contributed by atoms with Crippen LogP contribution < -0.4 is 5.32 Å². The predicted octanol–water partition coefficient (Wildman–Crippen LogP) is 6.13. The monoisotopic (exact) mass is 648 g/mol. The number of para-hydroxylation sites is 1. The Labute approximate surface area is 274 Å². The number of likely N-dealkylation sites (tertiary alicyclic amines) is 2. The van der Waals surface area contributed by atoms with E-state index in [1.54, 1.807) is 11.0 Å². The van der Waals surface area contributed by atoms with Crippen molar-refractivity contribution in [3.8, 4) is 11.5 Å². The average molecular weight is 649 g/mol. The number of hydrogen-bond acceptors (Lipinski definition) is 7. The maximum Gasteiger partial charge on any atom is 0.410 e. The number of benzene rings is 2. The Balaban J connectivity index is 1.02. The third kappa shape index (κ3) is 7.46. The maximum absolute atomic E-state index is 13.2. The van der Waals surface area contributed by atoms with Crippen molar-refractivity contribution in [1.82, 2.24) is 24.9 Å². The first-order valence-electron chi connectivity index (χ1n) is 16.1. The number of ether oxygens (including phenoxy) is 1. The SMILES string of the molecule is CC(C)(C)OC(=O)N1CCC(c2cc(Cl)cc(-c3nnc(CC(=O)N4CCC(N5CCc6ccccc6NC5=O)CC4)o3)c2)CC1. The van der Waals surface area contributed by atoms with Crippen LogP contribution in [0.2, 0.25) is 5.02 Å². The lowest BCUT2D eigenvalue weighted by Gasteiger charge is -2.37. The number of rotatable bonds is 5. The summed E-state index contributed by atoms with van der Waals surface area (Å²) in [5, 5.41) is 12.0. The molecule has 12 heteroatoms. The maximum atomic E-state index is 13.2. The zero-order chi connectivity index (χ0) is 32.4. The van der Waals surface area contributed by atoms with Gasteiger partial charge in [0.05, 0.1) is 0 Å². The molecule has 4 amide bonds. The molecule has 0 bridgehead atoms. The zero-order valence-electron chi connectivity index (χ0n) is 26.6. The number of anilines is 1. The summed E-state index contributed by atoms with van der Waals surface area (Å²) < 4.78 is 11.5. The van der Waals surface area contributed by atoms with E-state index in [4.69, 9.17) is 20.8 Å². The minimum Gasteiger partial charge on any atom is -0.444 e. The lowest BCUT2D eigenvalue weighted by atomic mass is 9.88. The Morgan fingerprint density at radius 2 is 1.70 bits per heavy atom. The molecule has 6 rings (SSSR count). The number of fused-ring (bicyclic) bond motifs is 1. The first-order valence-corrected chi connectivity index (χ1v) is 16.4. The fourth-order valence-corrected chi connectivity index (χ4v) is 6.78. The second-order valence-electron chi connectivity index (χ2n) is 13.3. The van der Waals surface area contributed by atoms with Crippen LogP contribution in [0.1, 0.15) is 69.4 Å². The summed E-state index contributed by atoms with van der Waals surface area (Å²) in [7, 11) is 0. The van der Waals surface area contributed by atoms with Gasteiger partial charge >= 0.3 is 12.1 Å². The number of hydrogen-bond donors (Lipinski definition) is 1. The molecule has 0 radical (unpaired) electrons. The van der Waals surface area contributed by atoms with Crippen molar-refractivity contribution in [1.29, 1.82) is 0 Å². The van der Waals surface area contributed by atoms with Gasteiger partial charge in [-0.25, -0.2) is 9.59 Å². The molecular formula is C34H41ClN6O5. The normalized spacial score (nSPS) is 18.2. The van der Waals surface area contributed by atoms with E-state index in [9.17, 15) is 14.4 Å². The number of nitrogens with zero attached hydrogens (tertiary/aromatic N) is 5. The number of halogens is 1. The second kappa shape index (κ2) is 13.3. The molecule has 0 saturated carbocycles. The lowest BCUT2D eigenvalue weighted by Crippen LogP contribution is -2.50. The van der Waals surface area contributed by atoms with Crippen molar-refractivity contribution in [3.63, 3.8) is 0 Å². The van der Waals surface area contributed by atoms with Gasteiger partial charge in [0.1, 0.15) is 12.0 Å². The molecule has 244 valence electrons. The molecule has 2 aromatic carbocycles. The first-order chi connectivity index (χ1) is 22.0. The van der Waals surface area contributed by atoms with Crippen LogP contribution in [0.15, 0.2) is 46.9 Å². The molecule has 3 aromatic rings. The second-order valence-corrected chi connectivity index (χ2v) is 13.8. The predicted molar refractivity (Wildman–Crippen MR) is 174 cm³/mol. The van der Waals surface area contributed by atoms with Crippen molar-refractivity contribution in [3.05, 3.63) is 64.5 Å². The van der Waals surface area contributed by atoms with Crippen molar-refractivity contribution >= 4 is 35.3 Å². The zero-order valence-corrected chi connectivity index (χ0v) is 27.4. The van der Waals surface area contributed by atoms with Gasteiger partial charge in [-0.15, -0.1) is 10.2 Å². The van der Waals surface area contributed by atoms with Gasteiger partial charge in [-0.1, -0.05) is 29.8 Å². The van der Waals surface area contributed by atoms with Crippen molar-refractivity contribution in [2.75, 3.05) is 38.0 Å². The number of carbonyl (C=O) groups excluding carboxylic acids is 3. The van der Waals surface area contributed by atoms with Crippen molar-refractivity contribution in [2.45, 2.75) is 76.9 Å². The third-order valence-electron chi connectivity index (χ3n) is 8.95. The van der Waals surface area contributed by atoms with Crippen molar-refractivity contribution < 1.29 is 23.5 Å². The number of aromatic nitrogens is 2. The Morgan fingerprint density at radius 3 is 2.43 bits per heavy atom. The van der Waals surface area contributed by atoms with Crippen LogP contribution in [0.25, 0.3) is 11.5 Å². The number of urea groups is 1. The molecule has 0 spiro atoms. The Bertz CT molecular complexity index is 1590. The van der Waals surface area contributed by atoms with E-state index in [2.05, 4.69) is 15.5 Å². The molecule has 0 atom stereocenters. The van der Waals surface area contributed by atoms with Crippen LogP contribution in [0.4, 0.5) is 15.3 Å². The molecule has 46 heavy (non-hydrogen) atoms. The fourth-order valence-electron chi connectivity index (χ4n) is 6.54. The molecule has 2 saturated heterocycles. The highest BCUT2D eigenvalue weighted by Crippen LogP contribution is 2.34. The topological polar surface area (TPSA) is 121 Å². The van der Waals surface area contributed by atoms with E-state index in [1.165, 1.54) is 0 Å². The Morgan fingerprint density at radius 1 is 0.978 bits per heavy atom. The minimum absolute atomic E-state index is 0.00766. The summed E-state index contributed by atoms with van der Waals surface area (Å²) in [4.78, 5) is 44.1. The average Bonchev–Trinajstić information content (AvgIpc) is 3.42. The lowest BCUT2D eigenvalue weighted by molar-refractivity contribution is -0.132. The molecule has 0 unspecified atom stereocenters. The standard InChI is InChI=1S/C34H41ClN6O5/c1-34(2,3)46-33(44)40-13-8-22(9-14-40)24-18-25(20-26(35)19-24)31-38-37-29(45-31)21-30(42)39-15-11-27(12-16-39)41-17-10-23-6-4-5-7-28(23)36-32(41)43/h4-7,18-20,22,27H,8-17,21H2,1-3H3,(H,36,43). The molecule has 3 aliphatic rings. The first kappa shape index (κ1) is 31.8. The van der Waals surface area contributed by atoms with Crippen molar-refractivity contribution in [2.24, 2.45) is 0 Å². The molecule has 11 nitrogen and oxygen atoms in total. The number of nitrogens with one attached hydrogen (secondary N) is 1. The van der Waals surface area contributed by atoms with E-state index in [0.717, 1.165) is 36.1 Å². The van der Waals surface area contributed by atoms with E-state index in [0.29, 0.717) is 62.0 Å². The number of carbonyl (C=O) groups is 3. The van der Waals surface area contributed by atoms with Gasteiger partial charge < -0.3 is 29.2 Å². The quantitative estimate of drug-likeness (QED) is 0.353. The summed E-state index contributed by atoms with van der Waals surface area (Å²) in [5.74, 6) is 0.701. The third-order valence-corrected chi connectivity index (χ3v) is 9.17. The molecule has 4 heterocycles. The van der Waals surface area contributed by atoms with Crippen LogP contribution in [-0.2, 0) is 22.4 Å². The van der Waals surface area contributed by atoms with E-state index in [1.807, 2.05) is 67.0 Å². The Kier molecular flexibility index (Phi) is 9.22. The minimum atomic E-state index is -0.527. The van der Waals surface area contributed by atoms with E-state index < -0.39 is 5.60 Å². The van der Waals surface area contributed by atoms with Crippen LogP contribution in [-0.4, -0.2) is 87.3 Å². The summed E-state index contributed by atoms with van der Waals surface area (Å²) >= 11 is 6.51. The van der Waals surface area contributed by atoms with Gasteiger partial charge in [-0.05, 0) is 94.2 Å². The highest BCUT2D eigenvalue weighted by molar-refractivity contribution is 6.30. The molecule has 1 aromatic heterocycles. The summed E-state index contributed by atoms with van der Waals surface area (Å²) in [5.41, 5.74) is 3.23. The molecular weight excluding hydrogens is 608 g/mol. The summed E-state index contributed by atoms with van der Waals surface area (Å²) in [6.07, 6.45) is 3.53. The highest BCUT2D eigenvalue weighted by atomic mass is 35.5. The van der Waals surface area contributed by atoms with Crippen LogP contribution in [0.5, 0.6) is 0 Å². The highest BCUT2D eigenvalue weighted by Gasteiger charge is 2.32. The molecule has 1 N–H and O–H groups in total. The van der Waals surface area contributed by atoms with E-state index >= 15 is 0 Å². The Hall–Kier alpha value is -4.12. The number of piperidine rings is 2. The van der Waals surface area contributed by atoms with Gasteiger partial charge in [-0.3, -0.25) is 4.79 Å². The fraction of sp³-hybridized carbons (Fsp3) is 0.500. The van der Waals surface area contributed by atoms with E-state index in [-0.39, 0.29) is 42.3 Å². The van der Waals surface area contributed by atoms with Crippen LogP contribution >= 0.6 is 11.6 Å². The van der Waals surface area contributed by atoms with Crippen LogP contribution in [0.3, 0.4) is 0 Å².